The van der Waals surface area contributed by atoms with Crippen molar-refractivity contribution in [2.24, 2.45) is 0 Å². The lowest BCUT2D eigenvalue weighted by Gasteiger charge is -2.13. The van der Waals surface area contributed by atoms with E-state index in [2.05, 4.69) is 25.2 Å². The number of nitrogens with one attached hydrogen (secondary N) is 1. The van der Waals surface area contributed by atoms with Crippen LogP contribution in [-0.4, -0.2) is 25.9 Å². The van der Waals surface area contributed by atoms with Crippen LogP contribution in [0.4, 0.5) is 0 Å². The summed E-state index contributed by atoms with van der Waals surface area (Å²) in [4.78, 5) is 0. The van der Waals surface area contributed by atoms with Crippen molar-refractivity contribution in [2.75, 3.05) is 19.8 Å². The summed E-state index contributed by atoms with van der Waals surface area (Å²) in [5.41, 5.74) is 1.21. The van der Waals surface area contributed by atoms with Crippen molar-refractivity contribution in [1.82, 2.24) is 5.32 Å². The van der Waals surface area contributed by atoms with Crippen molar-refractivity contribution in [2.45, 2.75) is 39.8 Å². The van der Waals surface area contributed by atoms with Gasteiger partial charge in [0.1, 0.15) is 5.75 Å². The van der Waals surface area contributed by atoms with Gasteiger partial charge in [0, 0.05) is 37.8 Å². The van der Waals surface area contributed by atoms with E-state index in [0.717, 1.165) is 31.9 Å². The van der Waals surface area contributed by atoms with Gasteiger partial charge in [0.15, 0.2) is 0 Å². The summed E-state index contributed by atoms with van der Waals surface area (Å²) in [6, 6.07) is 8.67. The van der Waals surface area contributed by atoms with E-state index in [1.165, 1.54) is 5.56 Å². The second-order valence-corrected chi connectivity index (χ2v) is 4.54. The van der Waals surface area contributed by atoms with E-state index in [-0.39, 0.29) is 0 Å². The lowest BCUT2D eigenvalue weighted by atomic mass is 10.2. The van der Waals surface area contributed by atoms with Gasteiger partial charge in [-0.25, -0.2) is 0 Å². The number of benzene rings is 1. The van der Waals surface area contributed by atoms with Crippen LogP contribution in [0.2, 0.25) is 0 Å². The Kier molecular flexibility index (Phi) is 7.46. The summed E-state index contributed by atoms with van der Waals surface area (Å²) in [5, 5.41) is 3.41. The van der Waals surface area contributed by atoms with Gasteiger partial charge in [-0.05, 0) is 13.0 Å². The highest BCUT2D eigenvalue weighted by molar-refractivity contribution is 5.33. The fraction of sp³-hybridized carbons (Fsp3) is 0.600. The number of hydrogen-bond donors (Lipinski definition) is 1. The zero-order valence-electron chi connectivity index (χ0n) is 11.7. The Morgan fingerprint density at radius 3 is 2.67 bits per heavy atom. The van der Waals surface area contributed by atoms with Crippen molar-refractivity contribution in [3.8, 4) is 5.75 Å². The summed E-state index contributed by atoms with van der Waals surface area (Å²) in [6.45, 7) is 9.39. The molecule has 0 aliphatic carbocycles. The summed E-state index contributed by atoms with van der Waals surface area (Å²) >= 11 is 0. The molecule has 0 fully saturated rings. The van der Waals surface area contributed by atoms with Crippen LogP contribution in [0.25, 0.3) is 0 Å². The Bertz CT molecular complexity index is 326. The van der Waals surface area contributed by atoms with E-state index in [4.69, 9.17) is 9.47 Å². The Hall–Kier alpha value is -1.06. The molecule has 1 aromatic rings. The summed E-state index contributed by atoms with van der Waals surface area (Å²) in [7, 11) is 0. The summed E-state index contributed by atoms with van der Waals surface area (Å²) < 4.78 is 11.1. The van der Waals surface area contributed by atoms with E-state index in [0.29, 0.717) is 12.6 Å². The SMILES string of the molecule is CCOCCCOc1ccccc1CNC(C)C. The lowest BCUT2D eigenvalue weighted by Crippen LogP contribution is -2.22. The highest BCUT2D eigenvalue weighted by Gasteiger charge is 2.03. The highest BCUT2D eigenvalue weighted by atomic mass is 16.5. The molecule has 18 heavy (non-hydrogen) atoms. The first kappa shape index (κ1) is 15.0. The van der Waals surface area contributed by atoms with Gasteiger partial charge >= 0.3 is 0 Å². The van der Waals surface area contributed by atoms with Crippen molar-refractivity contribution in [3.05, 3.63) is 29.8 Å². The molecule has 0 saturated heterocycles. The van der Waals surface area contributed by atoms with Crippen LogP contribution in [0.1, 0.15) is 32.8 Å². The standard InChI is InChI=1S/C15H25NO2/c1-4-17-10-7-11-18-15-9-6-5-8-14(15)12-16-13(2)3/h5-6,8-9,13,16H,4,7,10-12H2,1-3H3. The predicted molar refractivity (Wildman–Crippen MR) is 75.0 cm³/mol. The summed E-state index contributed by atoms with van der Waals surface area (Å²) in [5.74, 6) is 0.974. The highest BCUT2D eigenvalue weighted by Crippen LogP contribution is 2.18. The minimum Gasteiger partial charge on any atom is -0.493 e. The van der Waals surface area contributed by atoms with Crippen LogP contribution in [0.5, 0.6) is 5.75 Å². The second-order valence-electron chi connectivity index (χ2n) is 4.54. The zero-order valence-corrected chi connectivity index (χ0v) is 11.7. The molecule has 3 heteroatoms. The van der Waals surface area contributed by atoms with Gasteiger partial charge in [-0.1, -0.05) is 32.0 Å². The molecule has 0 amide bonds. The molecule has 0 heterocycles. The second kappa shape index (κ2) is 8.95. The van der Waals surface area contributed by atoms with E-state index >= 15 is 0 Å². The molecule has 0 saturated carbocycles. The maximum atomic E-state index is 5.80. The maximum absolute atomic E-state index is 5.80. The minimum absolute atomic E-state index is 0.482. The lowest BCUT2D eigenvalue weighted by molar-refractivity contribution is 0.130. The maximum Gasteiger partial charge on any atom is 0.123 e. The molecule has 3 nitrogen and oxygen atoms in total. The Morgan fingerprint density at radius 1 is 1.17 bits per heavy atom. The Balaban J connectivity index is 2.38. The van der Waals surface area contributed by atoms with E-state index in [1.807, 2.05) is 25.1 Å². The van der Waals surface area contributed by atoms with Gasteiger partial charge in [-0.3, -0.25) is 0 Å². The molecule has 0 unspecified atom stereocenters. The first-order chi connectivity index (χ1) is 8.74. The number of rotatable bonds is 9. The molecular weight excluding hydrogens is 226 g/mol. The summed E-state index contributed by atoms with van der Waals surface area (Å²) in [6.07, 6.45) is 0.930. The van der Waals surface area contributed by atoms with Crippen LogP contribution in [0.3, 0.4) is 0 Å². The fourth-order valence-electron chi connectivity index (χ4n) is 1.59. The molecule has 0 aromatic heterocycles. The third-order valence-electron chi connectivity index (χ3n) is 2.57. The molecule has 0 aliphatic rings. The molecule has 1 rings (SSSR count). The van der Waals surface area contributed by atoms with E-state index in [9.17, 15) is 0 Å². The first-order valence-electron chi connectivity index (χ1n) is 6.76. The Labute approximate surface area is 110 Å². The molecule has 0 bridgehead atoms. The van der Waals surface area contributed by atoms with Gasteiger partial charge in [0.05, 0.1) is 6.61 Å². The van der Waals surface area contributed by atoms with E-state index in [1.54, 1.807) is 0 Å². The topological polar surface area (TPSA) is 30.5 Å². The Morgan fingerprint density at radius 2 is 1.94 bits per heavy atom. The van der Waals surface area contributed by atoms with Crippen molar-refractivity contribution in [3.63, 3.8) is 0 Å². The third-order valence-corrected chi connectivity index (χ3v) is 2.57. The van der Waals surface area contributed by atoms with Crippen molar-refractivity contribution < 1.29 is 9.47 Å². The zero-order chi connectivity index (χ0) is 13.2. The van der Waals surface area contributed by atoms with Gasteiger partial charge in [-0.15, -0.1) is 0 Å². The van der Waals surface area contributed by atoms with Crippen LogP contribution in [0, 0.1) is 0 Å². The third kappa shape index (κ3) is 6.03. The molecule has 0 spiro atoms. The van der Waals surface area contributed by atoms with Crippen LogP contribution in [-0.2, 0) is 11.3 Å². The van der Waals surface area contributed by atoms with Crippen molar-refractivity contribution in [1.29, 1.82) is 0 Å². The molecule has 1 N–H and O–H groups in total. The van der Waals surface area contributed by atoms with Gasteiger partial charge in [-0.2, -0.15) is 0 Å². The van der Waals surface area contributed by atoms with E-state index < -0.39 is 0 Å². The number of ether oxygens (including phenoxy) is 2. The van der Waals surface area contributed by atoms with Crippen LogP contribution >= 0.6 is 0 Å². The largest absolute Gasteiger partial charge is 0.493 e. The van der Waals surface area contributed by atoms with Crippen LogP contribution in [0.15, 0.2) is 24.3 Å². The molecule has 102 valence electrons. The molecule has 0 radical (unpaired) electrons. The van der Waals surface area contributed by atoms with Gasteiger partial charge in [0.25, 0.3) is 0 Å². The van der Waals surface area contributed by atoms with Gasteiger partial charge < -0.3 is 14.8 Å². The average Bonchev–Trinajstić information content (AvgIpc) is 2.37. The fourth-order valence-corrected chi connectivity index (χ4v) is 1.59. The molecule has 0 atom stereocenters. The van der Waals surface area contributed by atoms with Crippen LogP contribution < -0.4 is 10.1 Å². The van der Waals surface area contributed by atoms with Crippen molar-refractivity contribution >= 4 is 0 Å². The quantitative estimate of drug-likeness (QED) is 0.684. The molecular formula is C15H25NO2. The number of para-hydroxylation sites is 1. The van der Waals surface area contributed by atoms with Gasteiger partial charge in [0.2, 0.25) is 0 Å². The average molecular weight is 251 g/mol. The normalized spacial score (nSPS) is 10.9. The molecule has 1 aromatic carbocycles. The molecule has 0 aliphatic heterocycles. The smallest absolute Gasteiger partial charge is 0.123 e. The minimum atomic E-state index is 0.482. The number of hydrogen-bond acceptors (Lipinski definition) is 3. The monoisotopic (exact) mass is 251 g/mol. The predicted octanol–water partition coefficient (Wildman–Crippen LogP) is 2.99. The first-order valence-corrected chi connectivity index (χ1v) is 6.76.